The molecule has 1 heterocycles. The second-order valence-corrected chi connectivity index (χ2v) is 14.0. The third kappa shape index (κ3) is 3.78. The molecule has 0 spiro atoms. The van der Waals surface area contributed by atoms with Crippen molar-refractivity contribution in [3.8, 4) is 0 Å². The van der Waals surface area contributed by atoms with Crippen LogP contribution in [-0.2, 0) is 15.4 Å². The van der Waals surface area contributed by atoms with E-state index in [4.69, 9.17) is 0 Å². The maximum atomic E-state index is 12.3. The first-order chi connectivity index (χ1) is 11.9. The first kappa shape index (κ1) is 19.6. The van der Waals surface area contributed by atoms with Gasteiger partial charge < -0.3 is 4.57 Å². The topological polar surface area (TPSA) is 17.1 Å². The summed E-state index contributed by atoms with van der Waals surface area (Å²) in [5.74, 6) is 0. The van der Waals surface area contributed by atoms with Crippen molar-refractivity contribution >= 4 is 34.7 Å². The van der Waals surface area contributed by atoms with E-state index in [1.165, 1.54) is 40.0 Å². The van der Waals surface area contributed by atoms with Gasteiger partial charge in [-0.05, 0) is 78.3 Å². The summed E-state index contributed by atoms with van der Waals surface area (Å²) in [7, 11) is -2.18. The molecule has 1 nitrogen and oxygen atoms in total. The number of hydrogen-bond donors (Lipinski definition) is 0. The highest BCUT2D eigenvalue weighted by Gasteiger charge is 2.36. The van der Waals surface area contributed by atoms with Crippen molar-refractivity contribution < 1.29 is 4.57 Å². The van der Waals surface area contributed by atoms with Crippen LogP contribution in [0.4, 0.5) is 0 Å². The lowest BCUT2D eigenvalue weighted by Gasteiger charge is -2.42. The number of thiophene rings is 1. The summed E-state index contributed by atoms with van der Waals surface area (Å²) in [6.45, 7) is 15.3. The van der Waals surface area contributed by atoms with E-state index in [0.29, 0.717) is 0 Å². The lowest BCUT2D eigenvalue weighted by Crippen LogP contribution is -2.33. The third-order valence-corrected chi connectivity index (χ3v) is 9.60. The van der Waals surface area contributed by atoms with Crippen molar-refractivity contribution in [3.63, 3.8) is 0 Å². The average molecular weight is 387 g/mol. The lowest BCUT2D eigenvalue weighted by atomic mass is 9.63. The lowest BCUT2D eigenvalue weighted by molar-refractivity contribution is 0.332. The Balaban J connectivity index is 1.99. The highest BCUT2D eigenvalue weighted by molar-refractivity contribution is 7.75. The molecule has 0 atom stereocenters. The van der Waals surface area contributed by atoms with E-state index in [-0.39, 0.29) is 10.8 Å². The van der Waals surface area contributed by atoms with Crippen molar-refractivity contribution in [1.29, 1.82) is 0 Å². The van der Waals surface area contributed by atoms with E-state index in [2.05, 4.69) is 65.0 Å². The van der Waals surface area contributed by atoms with Gasteiger partial charge in [0.2, 0.25) is 0 Å². The second kappa shape index (κ2) is 6.50. The minimum atomic E-state index is -2.18. The number of allylic oxidation sites excluding steroid dienone is 1. The predicted molar refractivity (Wildman–Crippen MR) is 119 cm³/mol. The molecule has 0 amide bonds. The molecule has 0 bridgehead atoms. The molecule has 0 fully saturated rings. The molecule has 2 aromatic rings. The fourth-order valence-electron chi connectivity index (χ4n) is 3.85. The van der Waals surface area contributed by atoms with Crippen LogP contribution >= 0.6 is 18.5 Å². The summed E-state index contributed by atoms with van der Waals surface area (Å²) in [6.07, 6.45) is 4.74. The van der Waals surface area contributed by atoms with Gasteiger partial charge in [-0.15, -0.1) is 11.3 Å². The Kier molecular flexibility index (Phi) is 4.91. The maximum absolute atomic E-state index is 12.3. The Morgan fingerprint density at radius 2 is 1.62 bits per heavy atom. The average Bonchev–Trinajstić information content (AvgIpc) is 3.02. The van der Waals surface area contributed by atoms with Gasteiger partial charge >= 0.3 is 0 Å². The van der Waals surface area contributed by atoms with Gasteiger partial charge in [0.05, 0.1) is 4.62 Å². The van der Waals surface area contributed by atoms with Crippen LogP contribution in [0.5, 0.6) is 0 Å². The highest BCUT2D eigenvalue weighted by Crippen LogP contribution is 2.46. The van der Waals surface area contributed by atoms with Gasteiger partial charge in [0.1, 0.15) is 7.14 Å². The van der Waals surface area contributed by atoms with E-state index in [9.17, 15) is 4.57 Å². The van der Waals surface area contributed by atoms with Gasteiger partial charge in [-0.1, -0.05) is 52.0 Å². The van der Waals surface area contributed by atoms with E-state index in [1.54, 1.807) is 11.3 Å². The molecule has 1 aromatic heterocycles. The Hall–Kier alpha value is -1.11. The first-order valence-electron chi connectivity index (χ1n) is 9.39. The second-order valence-electron chi connectivity index (χ2n) is 9.39. The molecule has 3 rings (SSSR count). The van der Waals surface area contributed by atoms with E-state index in [1.807, 2.05) is 19.4 Å². The zero-order valence-corrected chi connectivity index (χ0v) is 18.9. The molecule has 0 aliphatic heterocycles. The number of hydrogen-bond acceptors (Lipinski definition) is 2. The van der Waals surface area contributed by atoms with Crippen LogP contribution in [0.25, 0.3) is 11.6 Å². The normalized spacial score (nSPS) is 19.3. The fraction of sp³-hybridized carbons (Fsp3) is 0.478. The molecule has 0 saturated carbocycles. The van der Waals surface area contributed by atoms with Crippen molar-refractivity contribution in [2.75, 3.05) is 13.3 Å². The van der Waals surface area contributed by atoms with Crippen LogP contribution < -0.4 is 4.62 Å². The summed E-state index contributed by atoms with van der Waals surface area (Å²) < 4.78 is 13.3. The molecule has 0 unspecified atom stereocenters. The molecule has 1 aliphatic carbocycles. The quantitative estimate of drug-likeness (QED) is 0.524. The molecular weight excluding hydrogens is 355 g/mol. The van der Waals surface area contributed by atoms with Gasteiger partial charge in [-0.3, -0.25) is 0 Å². The van der Waals surface area contributed by atoms with Crippen LogP contribution in [0, 0.1) is 0 Å². The first-order valence-corrected chi connectivity index (χ1v) is 12.8. The molecule has 140 valence electrons. The molecule has 3 heteroatoms. The number of benzene rings is 1. The molecular formula is C23H31OPS. The molecule has 1 aliphatic rings. The molecule has 0 saturated heterocycles. The molecule has 0 radical (unpaired) electrons. The van der Waals surface area contributed by atoms with Gasteiger partial charge in [0.15, 0.2) is 0 Å². The van der Waals surface area contributed by atoms with Gasteiger partial charge in [0.25, 0.3) is 0 Å². The summed E-state index contributed by atoms with van der Waals surface area (Å²) in [4.78, 5) is 1.21. The fourth-order valence-corrected chi connectivity index (χ4v) is 6.17. The third-order valence-electron chi connectivity index (χ3n) is 5.77. The summed E-state index contributed by atoms with van der Waals surface area (Å²) >= 11 is 1.66. The van der Waals surface area contributed by atoms with Crippen molar-refractivity contribution in [3.05, 3.63) is 51.9 Å². The SMILES string of the molecule is C/C(=C\c1ccc2c(c1)C(C)(C)CCC2(C)C)c1ccc(P(C)(C)=O)s1. The van der Waals surface area contributed by atoms with Crippen LogP contribution in [-0.4, -0.2) is 13.3 Å². The van der Waals surface area contributed by atoms with Crippen molar-refractivity contribution in [2.24, 2.45) is 0 Å². The zero-order valence-electron chi connectivity index (χ0n) is 17.1. The Morgan fingerprint density at radius 1 is 1.00 bits per heavy atom. The highest BCUT2D eigenvalue weighted by atomic mass is 32.1. The molecule has 26 heavy (non-hydrogen) atoms. The molecule has 1 aromatic carbocycles. The van der Waals surface area contributed by atoms with Crippen LogP contribution in [0.3, 0.4) is 0 Å². The summed E-state index contributed by atoms with van der Waals surface area (Å²) in [6, 6.07) is 11.1. The Labute approximate surface area is 162 Å². The standard InChI is InChI=1S/C23H31OPS/c1-16(20-10-11-21(26-20)25(6,7)24)14-17-8-9-18-19(15-17)23(4,5)13-12-22(18,2)3/h8-11,14-15H,12-13H2,1-7H3/b16-14+. The van der Waals surface area contributed by atoms with Crippen molar-refractivity contribution in [2.45, 2.75) is 58.3 Å². The Bertz CT molecular complexity index is 908. The number of rotatable bonds is 3. The van der Waals surface area contributed by atoms with Crippen LogP contribution in [0.15, 0.2) is 30.3 Å². The molecule has 0 N–H and O–H groups in total. The van der Waals surface area contributed by atoms with E-state index in [0.717, 1.165) is 4.62 Å². The predicted octanol–water partition coefficient (Wildman–Crippen LogP) is 6.91. The summed E-state index contributed by atoms with van der Waals surface area (Å²) in [5, 5.41) is 0. The van der Waals surface area contributed by atoms with Gasteiger partial charge in [-0.2, -0.15) is 0 Å². The minimum absolute atomic E-state index is 0.232. The van der Waals surface area contributed by atoms with Crippen LogP contribution in [0.2, 0.25) is 0 Å². The monoisotopic (exact) mass is 386 g/mol. The van der Waals surface area contributed by atoms with Crippen LogP contribution in [0.1, 0.15) is 69.0 Å². The zero-order chi connectivity index (χ0) is 19.3. The largest absolute Gasteiger partial charge is 0.318 e. The smallest absolute Gasteiger partial charge is 0.119 e. The summed E-state index contributed by atoms with van der Waals surface area (Å²) in [5.41, 5.74) is 5.98. The van der Waals surface area contributed by atoms with Gasteiger partial charge in [-0.25, -0.2) is 0 Å². The Morgan fingerprint density at radius 3 is 2.19 bits per heavy atom. The van der Waals surface area contributed by atoms with Gasteiger partial charge in [0, 0.05) is 4.88 Å². The van der Waals surface area contributed by atoms with E-state index >= 15 is 0 Å². The minimum Gasteiger partial charge on any atom is -0.318 e. The van der Waals surface area contributed by atoms with E-state index < -0.39 is 7.14 Å². The number of fused-ring (bicyclic) bond motifs is 1. The maximum Gasteiger partial charge on any atom is 0.119 e. The van der Waals surface area contributed by atoms with Crippen molar-refractivity contribution in [1.82, 2.24) is 0 Å².